The van der Waals surface area contributed by atoms with Crippen molar-refractivity contribution in [3.8, 4) is 16.9 Å². The van der Waals surface area contributed by atoms with Crippen LogP contribution in [-0.2, 0) is 0 Å². The van der Waals surface area contributed by atoms with Crippen molar-refractivity contribution in [1.29, 1.82) is 0 Å². The van der Waals surface area contributed by atoms with Crippen LogP contribution in [0.3, 0.4) is 0 Å². The van der Waals surface area contributed by atoms with Gasteiger partial charge in [-0.05, 0) is 79.1 Å². The molecule has 1 aromatic carbocycles. The van der Waals surface area contributed by atoms with E-state index in [1.807, 2.05) is 19.9 Å². The normalized spacial score (nSPS) is 17.2. The molecular weight excluding hydrogens is 444 g/mol. The van der Waals surface area contributed by atoms with Gasteiger partial charge in [0.1, 0.15) is 10.8 Å². The van der Waals surface area contributed by atoms with Gasteiger partial charge in [-0.1, -0.05) is 23.7 Å². The molecule has 3 heterocycles. The molecule has 0 radical (unpaired) electrons. The van der Waals surface area contributed by atoms with E-state index >= 15 is 0 Å². The third kappa shape index (κ3) is 3.85. The number of aryl methyl sites for hydroxylation is 2. The molecule has 1 fully saturated rings. The molecule has 1 aliphatic carbocycles. The van der Waals surface area contributed by atoms with Gasteiger partial charge >= 0.3 is 0 Å². The highest BCUT2D eigenvalue weighted by Crippen LogP contribution is 2.55. The van der Waals surface area contributed by atoms with E-state index in [0.29, 0.717) is 16.9 Å². The van der Waals surface area contributed by atoms with E-state index in [0.717, 1.165) is 35.0 Å². The van der Waals surface area contributed by atoms with Crippen LogP contribution in [0.25, 0.3) is 16.9 Å². The first-order valence-corrected chi connectivity index (χ1v) is 11.0. The fourth-order valence-electron chi connectivity index (χ4n) is 4.41. The summed E-state index contributed by atoms with van der Waals surface area (Å²) in [5.41, 5.74) is 4.30. The van der Waals surface area contributed by atoms with Gasteiger partial charge in [0.2, 0.25) is 0 Å². The lowest BCUT2D eigenvalue weighted by molar-refractivity contribution is 0.624. The molecule has 2 atom stereocenters. The third-order valence-electron chi connectivity index (χ3n) is 6.21. The molecule has 0 spiro atoms. The largest absolute Gasteiger partial charge is 0.280 e. The predicted molar refractivity (Wildman–Crippen MR) is 124 cm³/mol. The van der Waals surface area contributed by atoms with Crippen LogP contribution in [0.5, 0.6) is 0 Å². The van der Waals surface area contributed by atoms with Crippen molar-refractivity contribution >= 4 is 11.6 Å². The summed E-state index contributed by atoms with van der Waals surface area (Å²) in [5, 5.41) is 0.170. The van der Waals surface area contributed by atoms with E-state index in [2.05, 4.69) is 9.97 Å². The zero-order valence-electron chi connectivity index (χ0n) is 18.0. The third-order valence-corrected chi connectivity index (χ3v) is 6.59. The molecule has 0 aliphatic heterocycles. The number of nitrogens with zero attached hydrogens (tertiary/aromatic N) is 3. The maximum atomic E-state index is 14.3. The molecule has 0 N–H and O–H groups in total. The van der Waals surface area contributed by atoms with Gasteiger partial charge < -0.3 is 0 Å². The second-order valence-electron chi connectivity index (χ2n) is 8.41. The lowest BCUT2D eigenvalue weighted by Gasteiger charge is -2.16. The minimum atomic E-state index is -0.488. The van der Waals surface area contributed by atoms with Crippen LogP contribution in [-0.4, -0.2) is 14.5 Å². The average molecular weight is 464 g/mol. The molecule has 3 aromatic heterocycles. The Morgan fingerprint density at radius 1 is 1.03 bits per heavy atom. The van der Waals surface area contributed by atoms with Gasteiger partial charge in [-0.25, -0.2) is 8.78 Å². The van der Waals surface area contributed by atoms with E-state index in [1.54, 1.807) is 35.0 Å². The summed E-state index contributed by atoms with van der Waals surface area (Å²) in [5.74, 6) is -0.435. The number of hydrogen-bond donors (Lipinski definition) is 0. The summed E-state index contributed by atoms with van der Waals surface area (Å²) in [6.45, 7) is 3.69. The highest BCUT2D eigenvalue weighted by Gasteiger charge is 2.41. The Balaban J connectivity index is 1.55. The maximum absolute atomic E-state index is 14.3. The Hall–Kier alpha value is -3.38. The van der Waals surface area contributed by atoms with Crippen molar-refractivity contribution in [3.63, 3.8) is 0 Å². The molecule has 0 saturated heterocycles. The second-order valence-corrected chi connectivity index (χ2v) is 8.79. The van der Waals surface area contributed by atoms with E-state index in [-0.39, 0.29) is 28.2 Å². The summed E-state index contributed by atoms with van der Waals surface area (Å²) in [6.07, 6.45) is 5.10. The highest BCUT2D eigenvalue weighted by molar-refractivity contribution is 6.31. The van der Waals surface area contributed by atoms with Crippen LogP contribution >= 0.6 is 11.6 Å². The number of aromatic nitrogens is 3. The van der Waals surface area contributed by atoms with Crippen molar-refractivity contribution in [2.24, 2.45) is 0 Å². The minimum Gasteiger partial charge on any atom is -0.280 e. The number of rotatable bonds is 4. The zero-order chi connectivity index (χ0) is 23.3. The SMILES string of the molecule is Cc1cnc(-c2ccncc2F)cc1-n1c(C)cc([C@H]2C[C@@H]2c2ccc(F)cc2)c(Cl)c1=O. The van der Waals surface area contributed by atoms with Crippen LogP contribution in [0.2, 0.25) is 5.02 Å². The van der Waals surface area contributed by atoms with Crippen molar-refractivity contribution in [3.05, 3.63) is 110 Å². The standard InChI is InChI=1S/C26H20ClF2N3O/c1-14-12-31-23(18-7-8-30-13-22(18)29)11-24(14)32-15(2)9-21(25(27)26(32)33)20-10-19(20)16-3-5-17(28)6-4-16/h3-9,11-13,19-20H,10H2,1-2H3/t19-,20+/m1/s1. The summed E-state index contributed by atoms with van der Waals surface area (Å²) < 4.78 is 29.1. The number of pyridine rings is 3. The number of hydrogen-bond acceptors (Lipinski definition) is 3. The van der Waals surface area contributed by atoms with Gasteiger partial charge in [0.15, 0.2) is 5.82 Å². The summed E-state index contributed by atoms with van der Waals surface area (Å²) in [4.78, 5) is 21.5. The van der Waals surface area contributed by atoms with Gasteiger partial charge in [-0.2, -0.15) is 0 Å². The minimum absolute atomic E-state index is 0.115. The average Bonchev–Trinajstić information content (AvgIpc) is 3.59. The van der Waals surface area contributed by atoms with Crippen LogP contribution in [0.15, 0.2) is 65.8 Å². The quantitative estimate of drug-likeness (QED) is 0.366. The molecule has 0 unspecified atom stereocenters. The molecule has 166 valence electrons. The Morgan fingerprint density at radius 3 is 2.52 bits per heavy atom. The number of halogens is 3. The number of benzene rings is 1. The van der Waals surface area contributed by atoms with E-state index in [1.165, 1.54) is 18.3 Å². The molecule has 5 rings (SSSR count). The fourth-order valence-corrected chi connectivity index (χ4v) is 4.68. The monoisotopic (exact) mass is 463 g/mol. The second kappa shape index (κ2) is 8.19. The molecule has 4 aromatic rings. The Kier molecular flexibility index (Phi) is 5.33. The van der Waals surface area contributed by atoms with Crippen LogP contribution in [0, 0.1) is 25.5 Å². The van der Waals surface area contributed by atoms with Crippen molar-refractivity contribution in [1.82, 2.24) is 14.5 Å². The first-order valence-electron chi connectivity index (χ1n) is 10.6. The van der Waals surface area contributed by atoms with Gasteiger partial charge in [0.25, 0.3) is 5.56 Å². The molecule has 7 heteroatoms. The summed E-state index contributed by atoms with van der Waals surface area (Å²) in [7, 11) is 0. The smallest absolute Gasteiger partial charge is 0.274 e. The lowest BCUT2D eigenvalue weighted by atomic mass is 10.0. The maximum Gasteiger partial charge on any atom is 0.274 e. The Labute approximate surface area is 194 Å². The van der Waals surface area contributed by atoms with Crippen molar-refractivity contribution < 1.29 is 8.78 Å². The first-order chi connectivity index (χ1) is 15.8. The lowest BCUT2D eigenvalue weighted by Crippen LogP contribution is -2.23. The first kappa shape index (κ1) is 21.5. The van der Waals surface area contributed by atoms with E-state index in [9.17, 15) is 13.6 Å². The molecule has 1 aliphatic rings. The molecule has 0 amide bonds. The predicted octanol–water partition coefficient (Wildman–Crippen LogP) is 6.11. The zero-order valence-corrected chi connectivity index (χ0v) is 18.8. The van der Waals surface area contributed by atoms with E-state index in [4.69, 9.17) is 11.6 Å². The molecule has 4 nitrogen and oxygen atoms in total. The van der Waals surface area contributed by atoms with Crippen LogP contribution in [0.4, 0.5) is 8.78 Å². The van der Waals surface area contributed by atoms with Gasteiger partial charge in [-0.15, -0.1) is 0 Å². The Morgan fingerprint density at radius 2 is 1.79 bits per heavy atom. The van der Waals surface area contributed by atoms with Gasteiger partial charge in [0, 0.05) is 23.7 Å². The summed E-state index contributed by atoms with van der Waals surface area (Å²) in [6, 6.07) is 11.6. The topological polar surface area (TPSA) is 47.8 Å². The summed E-state index contributed by atoms with van der Waals surface area (Å²) >= 11 is 6.59. The Bertz CT molecular complexity index is 1430. The van der Waals surface area contributed by atoms with Crippen LogP contribution < -0.4 is 5.56 Å². The highest BCUT2D eigenvalue weighted by atomic mass is 35.5. The molecule has 0 bridgehead atoms. The molecular formula is C26H20ClF2N3O. The van der Waals surface area contributed by atoms with Crippen molar-refractivity contribution in [2.75, 3.05) is 0 Å². The van der Waals surface area contributed by atoms with Crippen LogP contribution in [0.1, 0.15) is 40.6 Å². The molecule has 1 saturated carbocycles. The fraction of sp³-hybridized carbons (Fsp3) is 0.192. The van der Waals surface area contributed by atoms with E-state index < -0.39 is 5.82 Å². The van der Waals surface area contributed by atoms with Crippen molar-refractivity contribution in [2.45, 2.75) is 32.1 Å². The van der Waals surface area contributed by atoms with Gasteiger partial charge in [-0.3, -0.25) is 19.3 Å². The molecule has 33 heavy (non-hydrogen) atoms. The van der Waals surface area contributed by atoms with Gasteiger partial charge in [0.05, 0.1) is 17.6 Å².